The van der Waals surface area contributed by atoms with E-state index in [1.165, 1.54) is 21.8 Å². The molecule has 2 aromatic rings. The van der Waals surface area contributed by atoms with Crippen LogP contribution in [0.15, 0.2) is 24.3 Å². The first-order chi connectivity index (χ1) is 11.4. The maximum atomic E-state index is 13.2. The molecule has 1 saturated heterocycles. The summed E-state index contributed by atoms with van der Waals surface area (Å²) < 4.78 is 13.2. The molecule has 1 aromatic carbocycles. The monoisotopic (exact) mass is 332 g/mol. The molecule has 24 heavy (non-hydrogen) atoms. The number of tetrazole rings is 1. The van der Waals surface area contributed by atoms with Crippen LogP contribution in [0.25, 0.3) is 11.4 Å². The molecule has 9 heteroatoms. The van der Waals surface area contributed by atoms with Crippen molar-refractivity contribution in [3.05, 3.63) is 30.1 Å². The number of urea groups is 1. The summed E-state index contributed by atoms with van der Waals surface area (Å²) in [5, 5.41) is 14.6. The van der Waals surface area contributed by atoms with Gasteiger partial charge in [0.2, 0.25) is 5.82 Å². The van der Waals surface area contributed by atoms with Gasteiger partial charge in [-0.15, -0.1) is 10.2 Å². The first kappa shape index (κ1) is 16.0. The quantitative estimate of drug-likeness (QED) is 0.831. The highest BCUT2D eigenvalue weighted by atomic mass is 19.1. The van der Waals surface area contributed by atoms with Gasteiger partial charge in [0.25, 0.3) is 5.91 Å². The van der Waals surface area contributed by atoms with E-state index in [4.69, 9.17) is 0 Å². The number of hydrogen-bond donors (Lipinski definition) is 1. The van der Waals surface area contributed by atoms with Crippen LogP contribution in [0.5, 0.6) is 0 Å². The third kappa shape index (κ3) is 3.10. The largest absolute Gasteiger partial charge is 0.325 e. The highest BCUT2D eigenvalue weighted by Crippen LogP contribution is 2.17. The number of carbonyl (C=O) groups excluding carboxylic acids is 2. The fraction of sp³-hybridized carbons (Fsp3) is 0.400. The molecule has 1 N–H and O–H groups in total. The first-order valence-corrected chi connectivity index (χ1v) is 7.55. The van der Waals surface area contributed by atoms with Crippen LogP contribution in [0.2, 0.25) is 0 Å². The summed E-state index contributed by atoms with van der Waals surface area (Å²) in [4.78, 5) is 26.4. The Labute approximate surface area is 137 Å². The molecule has 1 fully saturated rings. The van der Waals surface area contributed by atoms with Crippen molar-refractivity contribution < 1.29 is 14.0 Å². The third-order valence-electron chi connectivity index (χ3n) is 3.72. The fourth-order valence-corrected chi connectivity index (χ4v) is 2.47. The van der Waals surface area contributed by atoms with Crippen molar-refractivity contribution >= 4 is 11.9 Å². The number of nitrogens with one attached hydrogen (secondary N) is 1. The molecule has 126 valence electrons. The Morgan fingerprint density at radius 2 is 2.04 bits per heavy atom. The molecule has 0 spiro atoms. The van der Waals surface area contributed by atoms with Gasteiger partial charge in [-0.1, -0.05) is 12.1 Å². The minimum absolute atomic E-state index is 0.250. The van der Waals surface area contributed by atoms with Gasteiger partial charge in [0.05, 0.1) is 6.54 Å². The van der Waals surface area contributed by atoms with Crippen molar-refractivity contribution in [3.8, 4) is 11.4 Å². The average Bonchev–Trinajstić information content (AvgIpc) is 3.05. The SMILES string of the molecule is CC1(C)NC(=O)N(CCCn2nnc(-c3cccc(F)c3)n2)C1=O. The second-order valence-corrected chi connectivity index (χ2v) is 6.08. The molecule has 0 aliphatic carbocycles. The smallest absolute Gasteiger partial charge is 0.324 e. The third-order valence-corrected chi connectivity index (χ3v) is 3.72. The number of halogens is 1. The Morgan fingerprint density at radius 1 is 1.25 bits per heavy atom. The summed E-state index contributed by atoms with van der Waals surface area (Å²) in [5.41, 5.74) is -0.329. The van der Waals surface area contributed by atoms with Gasteiger partial charge in [0, 0.05) is 12.1 Å². The summed E-state index contributed by atoms with van der Waals surface area (Å²) in [6.07, 6.45) is 0.494. The van der Waals surface area contributed by atoms with E-state index in [2.05, 4.69) is 20.7 Å². The van der Waals surface area contributed by atoms with Gasteiger partial charge >= 0.3 is 6.03 Å². The van der Waals surface area contributed by atoms with E-state index in [0.717, 1.165) is 0 Å². The van der Waals surface area contributed by atoms with E-state index in [0.29, 0.717) is 24.4 Å². The lowest BCUT2D eigenvalue weighted by Crippen LogP contribution is -2.40. The summed E-state index contributed by atoms with van der Waals surface area (Å²) in [6.45, 7) is 3.99. The Morgan fingerprint density at radius 3 is 2.71 bits per heavy atom. The van der Waals surface area contributed by atoms with Gasteiger partial charge in [-0.25, -0.2) is 9.18 Å². The van der Waals surface area contributed by atoms with E-state index in [9.17, 15) is 14.0 Å². The highest BCUT2D eigenvalue weighted by Gasteiger charge is 2.43. The Bertz CT molecular complexity index is 788. The lowest BCUT2D eigenvalue weighted by Gasteiger charge is -2.15. The van der Waals surface area contributed by atoms with Crippen molar-refractivity contribution in [2.75, 3.05) is 6.54 Å². The van der Waals surface area contributed by atoms with Gasteiger partial charge in [-0.2, -0.15) is 4.80 Å². The minimum Gasteiger partial charge on any atom is -0.324 e. The number of aryl methyl sites for hydroxylation is 1. The number of imide groups is 1. The predicted octanol–water partition coefficient (Wildman–Crippen LogP) is 1.20. The van der Waals surface area contributed by atoms with Crippen LogP contribution in [0, 0.1) is 5.82 Å². The number of amides is 3. The molecule has 0 unspecified atom stereocenters. The van der Waals surface area contributed by atoms with Crippen LogP contribution < -0.4 is 5.32 Å². The van der Waals surface area contributed by atoms with E-state index < -0.39 is 11.6 Å². The number of carbonyl (C=O) groups is 2. The van der Waals surface area contributed by atoms with Crippen LogP contribution in [-0.2, 0) is 11.3 Å². The number of hydrogen-bond acceptors (Lipinski definition) is 5. The van der Waals surface area contributed by atoms with Crippen LogP contribution in [0.4, 0.5) is 9.18 Å². The molecule has 1 aliphatic heterocycles. The molecule has 3 amide bonds. The molecular formula is C15H17FN6O2. The lowest BCUT2D eigenvalue weighted by atomic mass is 10.1. The van der Waals surface area contributed by atoms with Crippen molar-refractivity contribution in [3.63, 3.8) is 0 Å². The van der Waals surface area contributed by atoms with E-state index in [-0.39, 0.29) is 18.3 Å². The zero-order valence-electron chi connectivity index (χ0n) is 13.4. The minimum atomic E-state index is -0.868. The molecule has 2 heterocycles. The van der Waals surface area contributed by atoms with E-state index in [1.807, 2.05) is 0 Å². The molecule has 0 atom stereocenters. The summed E-state index contributed by atoms with van der Waals surface area (Å²) in [5.74, 6) is -0.296. The van der Waals surface area contributed by atoms with Gasteiger partial charge in [0.1, 0.15) is 11.4 Å². The van der Waals surface area contributed by atoms with Crippen LogP contribution in [0.1, 0.15) is 20.3 Å². The normalized spacial score (nSPS) is 16.5. The van der Waals surface area contributed by atoms with Crippen LogP contribution in [0.3, 0.4) is 0 Å². The highest BCUT2D eigenvalue weighted by molar-refractivity contribution is 6.06. The standard InChI is InChI=1S/C15H17FN6O2/c1-15(2)13(23)21(14(24)17-15)7-4-8-22-19-12(18-20-22)10-5-3-6-11(16)9-10/h3,5-6,9H,4,7-8H2,1-2H3,(H,17,24). The fourth-order valence-electron chi connectivity index (χ4n) is 2.47. The maximum absolute atomic E-state index is 13.2. The van der Waals surface area contributed by atoms with Crippen molar-refractivity contribution in [2.45, 2.75) is 32.4 Å². The van der Waals surface area contributed by atoms with Crippen molar-refractivity contribution in [1.29, 1.82) is 0 Å². The summed E-state index contributed by atoms with van der Waals surface area (Å²) in [7, 11) is 0. The van der Waals surface area contributed by atoms with Gasteiger partial charge in [-0.05, 0) is 37.6 Å². The molecule has 0 saturated carbocycles. The predicted molar refractivity (Wildman–Crippen MR) is 82.2 cm³/mol. The zero-order valence-corrected chi connectivity index (χ0v) is 13.4. The van der Waals surface area contributed by atoms with Gasteiger partial charge in [-0.3, -0.25) is 9.69 Å². The topological polar surface area (TPSA) is 93.0 Å². The number of nitrogens with zero attached hydrogens (tertiary/aromatic N) is 5. The average molecular weight is 332 g/mol. The van der Waals surface area contributed by atoms with Crippen molar-refractivity contribution in [1.82, 2.24) is 30.4 Å². The van der Waals surface area contributed by atoms with Crippen molar-refractivity contribution in [2.24, 2.45) is 0 Å². The van der Waals surface area contributed by atoms with Crippen LogP contribution in [-0.4, -0.2) is 49.1 Å². The van der Waals surface area contributed by atoms with Gasteiger partial charge < -0.3 is 5.32 Å². The zero-order chi connectivity index (χ0) is 17.3. The lowest BCUT2D eigenvalue weighted by molar-refractivity contribution is -0.130. The first-order valence-electron chi connectivity index (χ1n) is 7.55. The summed E-state index contributed by atoms with van der Waals surface area (Å²) >= 11 is 0. The van der Waals surface area contributed by atoms with E-state index >= 15 is 0 Å². The second kappa shape index (κ2) is 5.99. The molecule has 1 aromatic heterocycles. The van der Waals surface area contributed by atoms with Crippen LogP contribution >= 0.6 is 0 Å². The molecule has 3 rings (SSSR count). The molecular weight excluding hydrogens is 315 g/mol. The Hall–Kier alpha value is -2.84. The van der Waals surface area contributed by atoms with Gasteiger partial charge in [0.15, 0.2) is 0 Å². The summed E-state index contributed by atoms with van der Waals surface area (Å²) in [6, 6.07) is 5.55. The number of rotatable bonds is 5. The number of aromatic nitrogens is 4. The Kier molecular flexibility index (Phi) is 4.00. The maximum Gasteiger partial charge on any atom is 0.325 e. The number of benzene rings is 1. The second-order valence-electron chi connectivity index (χ2n) is 6.08. The molecule has 8 nitrogen and oxygen atoms in total. The molecule has 0 radical (unpaired) electrons. The molecule has 1 aliphatic rings. The Balaban J connectivity index is 1.59. The molecule has 0 bridgehead atoms. The van der Waals surface area contributed by atoms with E-state index in [1.54, 1.807) is 26.0 Å².